The number of aromatic nitrogens is 3. The van der Waals surface area contributed by atoms with Gasteiger partial charge in [-0.05, 0) is 73.7 Å². The third-order valence-corrected chi connectivity index (χ3v) is 6.21. The van der Waals surface area contributed by atoms with Crippen LogP contribution in [0, 0.1) is 12.7 Å². The number of hydrogen-bond donors (Lipinski definition) is 3. The number of aryl methyl sites for hydroxylation is 2. The fraction of sp³-hybridized carbons (Fsp3) is 0.214. The van der Waals surface area contributed by atoms with Crippen LogP contribution >= 0.6 is 0 Å². The lowest BCUT2D eigenvalue weighted by atomic mass is 9.90. The quantitative estimate of drug-likeness (QED) is 0.245. The number of anilines is 2. The highest BCUT2D eigenvalue weighted by Gasteiger charge is 2.28. The van der Waals surface area contributed by atoms with Crippen LogP contribution < -0.4 is 16.2 Å². The maximum Gasteiger partial charge on any atom is 0.169 e. The molecule has 1 atom stereocenters. The Labute approximate surface area is 208 Å². The minimum atomic E-state index is -0.686. The molecule has 0 amide bonds. The summed E-state index contributed by atoms with van der Waals surface area (Å²) in [6.07, 6.45) is 2.45. The van der Waals surface area contributed by atoms with E-state index in [0.717, 1.165) is 22.1 Å². The van der Waals surface area contributed by atoms with Crippen molar-refractivity contribution >= 4 is 22.3 Å². The minimum Gasteiger partial charge on any atom is -0.491 e. The van der Waals surface area contributed by atoms with Crippen molar-refractivity contribution in [2.75, 3.05) is 18.1 Å². The van der Waals surface area contributed by atoms with Gasteiger partial charge in [0.2, 0.25) is 0 Å². The van der Waals surface area contributed by atoms with E-state index in [-0.39, 0.29) is 5.75 Å². The summed E-state index contributed by atoms with van der Waals surface area (Å²) in [6, 6.07) is 14.6. The number of ether oxygens (including phenoxy) is 1. The summed E-state index contributed by atoms with van der Waals surface area (Å²) in [6.45, 7) is 6.06. The maximum atomic E-state index is 15.9. The number of halogens is 1. The van der Waals surface area contributed by atoms with Gasteiger partial charge in [0.25, 0.3) is 0 Å². The van der Waals surface area contributed by atoms with Gasteiger partial charge in [-0.2, -0.15) is 0 Å². The summed E-state index contributed by atoms with van der Waals surface area (Å²) in [4.78, 5) is 12.7. The zero-order valence-electron chi connectivity index (χ0n) is 20.4. The Morgan fingerprint density at radius 2 is 1.89 bits per heavy atom. The lowest BCUT2D eigenvalue weighted by molar-refractivity contribution is 0.319. The van der Waals surface area contributed by atoms with Gasteiger partial charge < -0.3 is 25.6 Å². The Hall–Kier alpha value is -4.33. The van der Waals surface area contributed by atoms with Crippen molar-refractivity contribution in [3.8, 4) is 17.2 Å². The van der Waals surface area contributed by atoms with E-state index in [4.69, 9.17) is 25.6 Å². The molecule has 36 heavy (non-hydrogen) atoms. The van der Waals surface area contributed by atoms with Crippen molar-refractivity contribution in [1.82, 2.24) is 15.0 Å². The van der Waals surface area contributed by atoms with Gasteiger partial charge in [0.1, 0.15) is 23.1 Å². The van der Waals surface area contributed by atoms with Crippen LogP contribution in [-0.4, -0.2) is 21.6 Å². The number of nitrogen functional groups attached to an aromatic ring is 2. The van der Waals surface area contributed by atoms with Gasteiger partial charge in [0.05, 0.1) is 18.2 Å². The predicted octanol–water partition coefficient (Wildman–Crippen LogP) is 5.97. The number of pyridine rings is 1. The number of nitrogens with two attached hydrogens (primary N) is 2. The SMILES string of the molecule is CCOc1cc(CC)cc(C(c2cc3cc(N)ccc3c(N)n2)c2nc(-c3ccc(C)o3)c[nH]2)c1F. The average Bonchev–Trinajstić information content (AvgIpc) is 3.50. The number of rotatable bonds is 7. The smallest absolute Gasteiger partial charge is 0.169 e. The van der Waals surface area contributed by atoms with E-state index in [1.165, 1.54) is 0 Å². The van der Waals surface area contributed by atoms with Gasteiger partial charge in [0, 0.05) is 22.8 Å². The van der Waals surface area contributed by atoms with Crippen LogP contribution in [0.5, 0.6) is 5.75 Å². The number of benzene rings is 2. The molecule has 5 rings (SSSR count). The van der Waals surface area contributed by atoms with E-state index in [0.29, 0.717) is 53.1 Å². The van der Waals surface area contributed by atoms with Gasteiger partial charge in [-0.15, -0.1) is 0 Å². The Bertz CT molecular complexity index is 1560. The zero-order chi connectivity index (χ0) is 25.4. The van der Waals surface area contributed by atoms with Crippen LogP contribution in [0.15, 0.2) is 59.1 Å². The van der Waals surface area contributed by atoms with E-state index in [2.05, 4.69) is 9.97 Å². The molecule has 5 aromatic rings. The second-order valence-corrected chi connectivity index (χ2v) is 8.71. The van der Waals surface area contributed by atoms with E-state index >= 15 is 4.39 Å². The van der Waals surface area contributed by atoms with Gasteiger partial charge in [0.15, 0.2) is 17.3 Å². The standard InChI is InChI=1S/C28H28FN5O2/c1-4-16-10-20(26(29)24(11-16)35-5-2)25(28-32-14-22(34-28)23-9-6-15(3)36-23)21-13-17-12-18(30)7-8-19(17)27(31)33-21/h6-14,25H,4-5,30H2,1-3H3,(H2,31,33)(H,32,34). The normalized spacial score (nSPS) is 12.2. The highest BCUT2D eigenvalue weighted by Crippen LogP contribution is 2.38. The molecule has 5 N–H and O–H groups in total. The summed E-state index contributed by atoms with van der Waals surface area (Å²) < 4.78 is 27.3. The second kappa shape index (κ2) is 9.37. The molecule has 0 fully saturated rings. The summed E-state index contributed by atoms with van der Waals surface area (Å²) in [7, 11) is 0. The molecule has 0 saturated carbocycles. The first-order valence-electron chi connectivity index (χ1n) is 11.9. The van der Waals surface area contributed by atoms with Crippen molar-refractivity contribution in [2.45, 2.75) is 33.1 Å². The molecule has 7 nitrogen and oxygen atoms in total. The van der Waals surface area contributed by atoms with Crippen molar-refractivity contribution in [3.05, 3.63) is 89.0 Å². The summed E-state index contributed by atoms with van der Waals surface area (Å²) in [5.41, 5.74) is 15.5. The predicted molar refractivity (Wildman–Crippen MR) is 139 cm³/mol. The number of hydrogen-bond acceptors (Lipinski definition) is 6. The highest BCUT2D eigenvalue weighted by molar-refractivity contribution is 5.93. The monoisotopic (exact) mass is 485 g/mol. The largest absolute Gasteiger partial charge is 0.491 e. The molecule has 2 aromatic carbocycles. The molecule has 0 bridgehead atoms. The van der Waals surface area contributed by atoms with E-state index < -0.39 is 11.7 Å². The van der Waals surface area contributed by atoms with Gasteiger partial charge >= 0.3 is 0 Å². The Balaban J connectivity index is 1.75. The lowest BCUT2D eigenvalue weighted by Gasteiger charge is -2.20. The van der Waals surface area contributed by atoms with Crippen LogP contribution in [0.1, 0.15) is 48.2 Å². The van der Waals surface area contributed by atoms with Crippen molar-refractivity contribution in [3.63, 3.8) is 0 Å². The van der Waals surface area contributed by atoms with E-state index in [9.17, 15) is 0 Å². The molecule has 0 aliphatic rings. The van der Waals surface area contributed by atoms with Crippen LogP contribution in [-0.2, 0) is 6.42 Å². The molecule has 0 spiro atoms. The first kappa shape index (κ1) is 23.4. The molecular formula is C28H28FN5O2. The minimum absolute atomic E-state index is 0.197. The number of nitrogens with zero attached hydrogens (tertiary/aromatic N) is 2. The number of H-pyrrole nitrogens is 1. The molecular weight excluding hydrogens is 457 g/mol. The average molecular weight is 486 g/mol. The molecule has 1 unspecified atom stereocenters. The molecule has 0 saturated heterocycles. The van der Waals surface area contributed by atoms with Gasteiger partial charge in [-0.1, -0.05) is 13.0 Å². The van der Waals surface area contributed by atoms with Gasteiger partial charge in [-0.3, -0.25) is 0 Å². The summed E-state index contributed by atoms with van der Waals surface area (Å²) >= 11 is 0. The number of aromatic amines is 1. The van der Waals surface area contributed by atoms with E-state index in [1.807, 2.05) is 57.2 Å². The number of furan rings is 1. The third-order valence-electron chi connectivity index (χ3n) is 6.21. The molecule has 3 aromatic heterocycles. The summed E-state index contributed by atoms with van der Waals surface area (Å²) in [5.74, 6) is 1.28. The van der Waals surface area contributed by atoms with Crippen molar-refractivity contribution in [2.24, 2.45) is 0 Å². The lowest BCUT2D eigenvalue weighted by Crippen LogP contribution is -2.12. The number of fused-ring (bicyclic) bond motifs is 1. The maximum absolute atomic E-state index is 15.9. The third kappa shape index (κ3) is 4.26. The number of imidazole rings is 1. The first-order chi connectivity index (χ1) is 17.4. The molecule has 0 aliphatic heterocycles. The van der Waals surface area contributed by atoms with Crippen molar-refractivity contribution in [1.29, 1.82) is 0 Å². The highest BCUT2D eigenvalue weighted by atomic mass is 19.1. The van der Waals surface area contributed by atoms with Crippen LogP contribution in [0.2, 0.25) is 0 Å². The Kier molecular flexibility index (Phi) is 6.10. The molecule has 8 heteroatoms. The Morgan fingerprint density at radius 1 is 1.06 bits per heavy atom. The van der Waals surface area contributed by atoms with Crippen molar-refractivity contribution < 1.29 is 13.5 Å². The van der Waals surface area contributed by atoms with Crippen LogP contribution in [0.3, 0.4) is 0 Å². The second-order valence-electron chi connectivity index (χ2n) is 8.71. The topological polar surface area (TPSA) is 116 Å². The fourth-order valence-corrected chi connectivity index (χ4v) is 4.46. The van der Waals surface area contributed by atoms with Crippen LogP contribution in [0.25, 0.3) is 22.2 Å². The van der Waals surface area contributed by atoms with Gasteiger partial charge in [-0.25, -0.2) is 14.4 Å². The first-order valence-corrected chi connectivity index (χ1v) is 11.9. The Morgan fingerprint density at radius 3 is 2.61 bits per heavy atom. The number of nitrogens with one attached hydrogen (secondary N) is 1. The molecule has 0 radical (unpaired) electrons. The summed E-state index contributed by atoms with van der Waals surface area (Å²) in [5, 5.41) is 1.59. The molecule has 0 aliphatic carbocycles. The zero-order valence-corrected chi connectivity index (χ0v) is 20.4. The van der Waals surface area contributed by atoms with E-state index in [1.54, 1.807) is 18.3 Å². The van der Waals surface area contributed by atoms with Crippen LogP contribution in [0.4, 0.5) is 15.9 Å². The fourth-order valence-electron chi connectivity index (χ4n) is 4.46. The molecule has 3 heterocycles. The molecule has 184 valence electrons.